The molecule has 1 nitrogen and oxygen atoms in total. The van der Waals surface area contributed by atoms with Gasteiger partial charge in [-0.2, -0.15) is 0 Å². The van der Waals surface area contributed by atoms with Crippen molar-refractivity contribution in [3.05, 3.63) is 139 Å². The number of furan rings is 1. The number of fused-ring (bicyclic) bond motifs is 2. The summed E-state index contributed by atoms with van der Waals surface area (Å²) in [6.45, 7) is 0. The van der Waals surface area contributed by atoms with Gasteiger partial charge < -0.3 is 4.42 Å². The molecule has 1 heteroatoms. The zero-order valence-electron chi connectivity index (χ0n) is 20.4. The SMILES string of the molecule is c1cccc(-c2ccccc2-c2oc(-c3ccc4cc(-c5ccccc5)ccc4c3)c3c2CCC=C3)c#1. The van der Waals surface area contributed by atoms with E-state index in [2.05, 4.69) is 121 Å². The minimum absolute atomic E-state index is 0.938. The third-order valence-corrected chi connectivity index (χ3v) is 7.21. The van der Waals surface area contributed by atoms with Crippen molar-refractivity contribution in [2.75, 3.05) is 0 Å². The fourth-order valence-corrected chi connectivity index (χ4v) is 5.39. The van der Waals surface area contributed by atoms with Crippen molar-refractivity contribution in [1.29, 1.82) is 0 Å². The van der Waals surface area contributed by atoms with Crippen LogP contribution in [0.3, 0.4) is 0 Å². The molecular formula is C36H24O. The quantitative estimate of drug-likeness (QED) is 0.249. The molecule has 0 saturated carbocycles. The van der Waals surface area contributed by atoms with Gasteiger partial charge in [0.2, 0.25) is 0 Å². The van der Waals surface area contributed by atoms with Crippen LogP contribution in [0.25, 0.3) is 61.7 Å². The lowest BCUT2D eigenvalue weighted by atomic mass is 9.91. The van der Waals surface area contributed by atoms with Gasteiger partial charge >= 0.3 is 0 Å². The highest BCUT2D eigenvalue weighted by Gasteiger charge is 2.24. The minimum Gasteiger partial charge on any atom is -0.455 e. The lowest BCUT2D eigenvalue weighted by Gasteiger charge is -2.10. The van der Waals surface area contributed by atoms with E-state index in [1.807, 2.05) is 12.1 Å². The molecule has 7 rings (SSSR count). The Morgan fingerprint density at radius 2 is 1.38 bits per heavy atom. The standard InChI is InChI=1S/C36H24O/c1-3-11-25(12-4-1)27-19-20-29-24-30(22-21-28(29)23-27)35-33-17-9-10-18-34(33)36(37-35)32-16-8-7-15-31(32)26-13-5-2-6-14-26/h1-5,7-9,11-13,15-17,19-24H,10,18H2. The number of benzene rings is 4. The van der Waals surface area contributed by atoms with Gasteiger partial charge in [0.05, 0.1) is 0 Å². The normalized spacial score (nSPS) is 12.3. The fraction of sp³-hybridized carbons (Fsp3) is 0.0556. The third-order valence-electron chi connectivity index (χ3n) is 7.21. The Hall–Kier alpha value is -4.80. The third kappa shape index (κ3) is 3.84. The average Bonchev–Trinajstić information content (AvgIpc) is 3.37. The summed E-state index contributed by atoms with van der Waals surface area (Å²) in [4.78, 5) is 0. The first-order valence-corrected chi connectivity index (χ1v) is 12.8. The predicted molar refractivity (Wildman–Crippen MR) is 153 cm³/mol. The predicted octanol–water partition coefficient (Wildman–Crippen LogP) is 9.66. The van der Waals surface area contributed by atoms with Crippen molar-refractivity contribution >= 4 is 16.8 Å². The number of hydrogen-bond donors (Lipinski definition) is 0. The fourth-order valence-electron chi connectivity index (χ4n) is 5.39. The number of allylic oxidation sites excluding steroid dienone is 1. The zero-order valence-corrected chi connectivity index (χ0v) is 20.4. The van der Waals surface area contributed by atoms with Crippen LogP contribution in [0.15, 0.2) is 120 Å². The van der Waals surface area contributed by atoms with Gasteiger partial charge in [0, 0.05) is 33.4 Å². The van der Waals surface area contributed by atoms with Crippen LogP contribution in [-0.4, -0.2) is 0 Å². The lowest BCUT2D eigenvalue weighted by Crippen LogP contribution is -1.94. The molecule has 0 aliphatic heterocycles. The molecule has 0 amide bonds. The molecule has 5 aromatic carbocycles. The van der Waals surface area contributed by atoms with E-state index in [-0.39, 0.29) is 0 Å². The van der Waals surface area contributed by atoms with E-state index in [1.165, 1.54) is 33.0 Å². The van der Waals surface area contributed by atoms with E-state index in [4.69, 9.17) is 4.42 Å². The highest BCUT2D eigenvalue weighted by Crippen LogP contribution is 2.43. The maximum atomic E-state index is 6.77. The Morgan fingerprint density at radius 3 is 2.19 bits per heavy atom. The Labute approximate surface area is 217 Å². The number of rotatable bonds is 4. The molecule has 6 aromatic rings. The molecule has 0 bridgehead atoms. The van der Waals surface area contributed by atoms with Gasteiger partial charge in [0.15, 0.2) is 0 Å². The van der Waals surface area contributed by atoms with Crippen LogP contribution < -0.4 is 0 Å². The van der Waals surface area contributed by atoms with Gasteiger partial charge in [-0.05, 0) is 59.0 Å². The highest BCUT2D eigenvalue weighted by atomic mass is 16.3. The van der Waals surface area contributed by atoms with Crippen molar-refractivity contribution in [3.8, 4) is 44.9 Å². The second-order valence-corrected chi connectivity index (χ2v) is 9.49. The molecule has 0 spiro atoms. The summed E-state index contributed by atoms with van der Waals surface area (Å²) >= 11 is 0. The molecule has 1 aliphatic rings. The molecule has 0 atom stereocenters. The van der Waals surface area contributed by atoms with E-state index in [0.717, 1.165) is 46.6 Å². The molecule has 1 aromatic heterocycles. The maximum absolute atomic E-state index is 6.77. The second kappa shape index (κ2) is 9.01. The first-order valence-electron chi connectivity index (χ1n) is 12.8. The van der Waals surface area contributed by atoms with Crippen molar-refractivity contribution in [2.45, 2.75) is 12.8 Å². The van der Waals surface area contributed by atoms with E-state index in [1.54, 1.807) is 0 Å². The molecule has 0 radical (unpaired) electrons. The van der Waals surface area contributed by atoms with Gasteiger partial charge in [-0.3, -0.25) is 0 Å². The van der Waals surface area contributed by atoms with Gasteiger partial charge in [0.1, 0.15) is 11.5 Å². The van der Waals surface area contributed by atoms with Crippen LogP contribution in [0.4, 0.5) is 0 Å². The van der Waals surface area contributed by atoms with Gasteiger partial charge in [-0.15, -0.1) is 0 Å². The average molecular weight is 473 g/mol. The highest BCUT2D eigenvalue weighted by molar-refractivity contribution is 5.93. The molecule has 0 saturated heterocycles. The molecular weight excluding hydrogens is 448 g/mol. The van der Waals surface area contributed by atoms with E-state index in [9.17, 15) is 0 Å². The molecule has 0 N–H and O–H groups in total. The van der Waals surface area contributed by atoms with Crippen LogP contribution in [0.5, 0.6) is 0 Å². The van der Waals surface area contributed by atoms with Gasteiger partial charge in [-0.25, -0.2) is 0 Å². The smallest absolute Gasteiger partial charge is 0.142 e. The van der Waals surface area contributed by atoms with Crippen LogP contribution in [-0.2, 0) is 6.42 Å². The van der Waals surface area contributed by atoms with Crippen molar-refractivity contribution in [3.63, 3.8) is 0 Å². The van der Waals surface area contributed by atoms with Crippen LogP contribution in [0.1, 0.15) is 17.5 Å². The summed E-state index contributed by atoms with van der Waals surface area (Å²) in [6, 6.07) is 44.6. The molecule has 1 heterocycles. The van der Waals surface area contributed by atoms with Crippen LogP contribution in [0.2, 0.25) is 0 Å². The van der Waals surface area contributed by atoms with E-state index < -0.39 is 0 Å². The van der Waals surface area contributed by atoms with E-state index >= 15 is 0 Å². The Morgan fingerprint density at radius 1 is 0.622 bits per heavy atom. The Bertz CT molecular complexity index is 1750. The second-order valence-electron chi connectivity index (χ2n) is 9.49. The Kier molecular flexibility index (Phi) is 5.23. The summed E-state index contributed by atoms with van der Waals surface area (Å²) in [7, 11) is 0. The zero-order chi connectivity index (χ0) is 24.6. The summed E-state index contributed by atoms with van der Waals surface area (Å²) in [5, 5.41) is 2.43. The molecule has 37 heavy (non-hydrogen) atoms. The largest absolute Gasteiger partial charge is 0.455 e. The number of hydrogen-bond acceptors (Lipinski definition) is 1. The van der Waals surface area contributed by atoms with Crippen molar-refractivity contribution in [2.24, 2.45) is 0 Å². The summed E-state index contributed by atoms with van der Waals surface area (Å²) in [5.41, 5.74) is 9.28. The summed E-state index contributed by atoms with van der Waals surface area (Å²) < 4.78 is 6.77. The topological polar surface area (TPSA) is 13.1 Å². The van der Waals surface area contributed by atoms with Crippen LogP contribution >= 0.6 is 0 Å². The minimum atomic E-state index is 0.938. The van der Waals surface area contributed by atoms with Crippen LogP contribution in [0, 0.1) is 12.1 Å². The van der Waals surface area contributed by atoms with E-state index in [0.29, 0.717) is 0 Å². The molecule has 1 aliphatic carbocycles. The molecule has 174 valence electrons. The first kappa shape index (κ1) is 21.5. The monoisotopic (exact) mass is 472 g/mol. The lowest BCUT2D eigenvalue weighted by molar-refractivity contribution is 0.594. The van der Waals surface area contributed by atoms with Gasteiger partial charge in [0.25, 0.3) is 0 Å². The first-order chi connectivity index (χ1) is 18.3. The maximum Gasteiger partial charge on any atom is 0.142 e. The summed E-state index contributed by atoms with van der Waals surface area (Å²) in [5.74, 6) is 1.90. The van der Waals surface area contributed by atoms with Gasteiger partial charge in [-0.1, -0.05) is 109 Å². The van der Waals surface area contributed by atoms with Crippen molar-refractivity contribution in [1.82, 2.24) is 0 Å². The van der Waals surface area contributed by atoms with Crippen molar-refractivity contribution < 1.29 is 4.42 Å². The molecule has 0 unspecified atom stereocenters. The molecule has 0 fully saturated rings. The Balaban J connectivity index is 1.36. The summed E-state index contributed by atoms with van der Waals surface area (Å²) in [6.07, 6.45) is 6.48.